The highest BCUT2D eigenvalue weighted by molar-refractivity contribution is 6.02. The van der Waals surface area contributed by atoms with Gasteiger partial charge in [-0.1, -0.05) is 12.1 Å². The molecule has 0 spiro atoms. The SMILES string of the molecule is CCOc1ccc(C=CC(=O)Nc2cccc([N+](=O)[O-])c2C)cc1OC. The van der Waals surface area contributed by atoms with Crippen LogP contribution in [0.25, 0.3) is 6.08 Å². The first-order chi connectivity index (χ1) is 12.5. The van der Waals surface area contributed by atoms with Crippen LogP contribution in [0.3, 0.4) is 0 Å². The average Bonchev–Trinajstić information content (AvgIpc) is 2.62. The van der Waals surface area contributed by atoms with Gasteiger partial charge in [-0.15, -0.1) is 0 Å². The molecule has 2 aromatic rings. The summed E-state index contributed by atoms with van der Waals surface area (Å²) in [5, 5.41) is 13.6. The zero-order valence-electron chi connectivity index (χ0n) is 14.8. The van der Waals surface area contributed by atoms with E-state index in [1.807, 2.05) is 6.92 Å². The Balaban J connectivity index is 2.13. The second kappa shape index (κ2) is 8.66. The summed E-state index contributed by atoms with van der Waals surface area (Å²) in [6.45, 7) is 4.00. The quantitative estimate of drug-likeness (QED) is 0.461. The third-order valence-corrected chi connectivity index (χ3v) is 3.67. The number of benzene rings is 2. The second-order valence-electron chi connectivity index (χ2n) is 5.37. The van der Waals surface area contributed by atoms with E-state index >= 15 is 0 Å². The fraction of sp³-hybridized carbons (Fsp3) is 0.211. The molecule has 1 N–H and O–H groups in total. The predicted molar refractivity (Wildman–Crippen MR) is 99.7 cm³/mol. The van der Waals surface area contributed by atoms with E-state index < -0.39 is 4.92 Å². The van der Waals surface area contributed by atoms with Gasteiger partial charge in [-0.3, -0.25) is 14.9 Å². The molecule has 0 saturated carbocycles. The number of nitro groups is 1. The topological polar surface area (TPSA) is 90.7 Å². The summed E-state index contributed by atoms with van der Waals surface area (Å²) in [5.41, 5.74) is 1.53. The van der Waals surface area contributed by atoms with Gasteiger partial charge in [0.25, 0.3) is 5.69 Å². The van der Waals surface area contributed by atoms with Gasteiger partial charge in [0.1, 0.15) is 0 Å². The van der Waals surface area contributed by atoms with Crippen molar-refractivity contribution in [2.24, 2.45) is 0 Å². The summed E-state index contributed by atoms with van der Waals surface area (Å²) in [5.74, 6) is 0.814. The molecule has 0 aromatic heterocycles. The lowest BCUT2D eigenvalue weighted by atomic mass is 10.1. The van der Waals surface area contributed by atoms with Gasteiger partial charge in [-0.05, 0) is 43.7 Å². The Kier molecular flexibility index (Phi) is 6.32. The number of rotatable bonds is 7. The summed E-state index contributed by atoms with van der Waals surface area (Å²) < 4.78 is 10.7. The van der Waals surface area contributed by atoms with Crippen molar-refractivity contribution in [3.8, 4) is 11.5 Å². The summed E-state index contributed by atoms with van der Waals surface area (Å²) >= 11 is 0. The minimum atomic E-state index is -0.479. The first-order valence-corrected chi connectivity index (χ1v) is 8.00. The van der Waals surface area contributed by atoms with Gasteiger partial charge in [0.2, 0.25) is 5.91 Å². The number of amides is 1. The number of anilines is 1. The fourth-order valence-electron chi connectivity index (χ4n) is 2.37. The molecular formula is C19H20N2O5. The molecule has 0 radical (unpaired) electrons. The standard InChI is InChI=1S/C19H20N2O5/c1-4-26-17-10-8-14(12-18(17)25-3)9-11-19(22)20-15-6-5-7-16(13(15)2)21(23)24/h5-12H,4H2,1-3H3,(H,20,22). The molecule has 0 saturated heterocycles. The lowest BCUT2D eigenvalue weighted by molar-refractivity contribution is -0.385. The summed E-state index contributed by atoms with van der Waals surface area (Å²) in [6, 6.07) is 9.87. The van der Waals surface area contributed by atoms with E-state index in [1.54, 1.807) is 44.4 Å². The van der Waals surface area contributed by atoms with E-state index in [2.05, 4.69) is 5.32 Å². The van der Waals surface area contributed by atoms with Crippen LogP contribution in [0.2, 0.25) is 0 Å². The van der Waals surface area contributed by atoms with Gasteiger partial charge in [-0.2, -0.15) is 0 Å². The van der Waals surface area contributed by atoms with Crippen molar-refractivity contribution in [2.75, 3.05) is 19.0 Å². The molecule has 2 rings (SSSR count). The minimum absolute atomic E-state index is 0.0389. The van der Waals surface area contributed by atoms with E-state index in [4.69, 9.17) is 9.47 Å². The number of hydrogen-bond donors (Lipinski definition) is 1. The number of nitrogens with zero attached hydrogens (tertiary/aromatic N) is 1. The first-order valence-electron chi connectivity index (χ1n) is 8.00. The molecule has 0 fully saturated rings. The van der Waals surface area contributed by atoms with E-state index in [0.717, 1.165) is 5.56 Å². The molecule has 0 unspecified atom stereocenters. The molecule has 0 aliphatic carbocycles. The van der Waals surface area contributed by atoms with Crippen LogP contribution in [-0.2, 0) is 4.79 Å². The van der Waals surface area contributed by atoms with E-state index in [-0.39, 0.29) is 11.6 Å². The van der Waals surface area contributed by atoms with Crippen molar-refractivity contribution < 1.29 is 19.2 Å². The zero-order valence-corrected chi connectivity index (χ0v) is 14.8. The van der Waals surface area contributed by atoms with Gasteiger partial charge in [0.05, 0.1) is 29.9 Å². The number of nitrogens with one attached hydrogen (secondary N) is 1. The first kappa shape index (κ1) is 19.0. The molecule has 2 aromatic carbocycles. The van der Waals surface area contributed by atoms with Crippen LogP contribution in [0, 0.1) is 17.0 Å². The lowest BCUT2D eigenvalue weighted by Gasteiger charge is -2.09. The molecule has 1 amide bonds. The summed E-state index contributed by atoms with van der Waals surface area (Å²) in [7, 11) is 1.54. The Bertz CT molecular complexity index is 846. The maximum absolute atomic E-state index is 12.1. The smallest absolute Gasteiger partial charge is 0.274 e. The Labute approximate surface area is 151 Å². The van der Waals surface area contributed by atoms with Crippen LogP contribution in [-0.4, -0.2) is 24.5 Å². The van der Waals surface area contributed by atoms with Gasteiger partial charge in [-0.25, -0.2) is 0 Å². The van der Waals surface area contributed by atoms with Crippen LogP contribution in [0.15, 0.2) is 42.5 Å². The number of ether oxygens (including phenoxy) is 2. The third-order valence-electron chi connectivity index (χ3n) is 3.67. The lowest BCUT2D eigenvalue weighted by Crippen LogP contribution is -2.09. The molecule has 7 nitrogen and oxygen atoms in total. The maximum atomic E-state index is 12.1. The second-order valence-corrected chi connectivity index (χ2v) is 5.37. The maximum Gasteiger partial charge on any atom is 0.274 e. The van der Waals surface area contributed by atoms with Crippen molar-refractivity contribution in [3.05, 3.63) is 63.7 Å². The van der Waals surface area contributed by atoms with Crippen LogP contribution >= 0.6 is 0 Å². The number of hydrogen-bond acceptors (Lipinski definition) is 5. The highest BCUT2D eigenvalue weighted by atomic mass is 16.6. The molecule has 0 aliphatic rings. The molecule has 0 aliphatic heterocycles. The van der Waals surface area contributed by atoms with Crippen molar-refractivity contribution >= 4 is 23.4 Å². The van der Waals surface area contributed by atoms with Crippen LogP contribution < -0.4 is 14.8 Å². The Morgan fingerprint density at radius 3 is 2.69 bits per heavy atom. The van der Waals surface area contributed by atoms with Crippen molar-refractivity contribution in [2.45, 2.75) is 13.8 Å². The fourth-order valence-corrected chi connectivity index (χ4v) is 2.37. The minimum Gasteiger partial charge on any atom is -0.493 e. The Morgan fingerprint density at radius 2 is 2.04 bits per heavy atom. The third kappa shape index (κ3) is 4.60. The van der Waals surface area contributed by atoms with Gasteiger partial charge < -0.3 is 14.8 Å². The zero-order chi connectivity index (χ0) is 19.1. The normalized spacial score (nSPS) is 10.6. The number of carbonyl (C=O) groups excluding carboxylic acids is 1. The molecule has 0 bridgehead atoms. The molecular weight excluding hydrogens is 336 g/mol. The van der Waals surface area contributed by atoms with Gasteiger partial charge in [0.15, 0.2) is 11.5 Å². The average molecular weight is 356 g/mol. The molecule has 7 heteroatoms. The summed E-state index contributed by atoms with van der Waals surface area (Å²) in [4.78, 5) is 22.6. The van der Waals surface area contributed by atoms with Crippen molar-refractivity contribution in [3.63, 3.8) is 0 Å². The molecule has 136 valence electrons. The molecule has 0 heterocycles. The van der Waals surface area contributed by atoms with Crippen LogP contribution in [0.5, 0.6) is 11.5 Å². The monoisotopic (exact) mass is 356 g/mol. The summed E-state index contributed by atoms with van der Waals surface area (Å²) in [6.07, 6.45) is 2.98. The Hall–Kier alpha value is -3.35. The van der Waals surface area contributed by atoms with Gasteiger partial charge >= 0.3 is 0 Å². The Morgan fingerprint density at radius 1 is 1.27 bits per heavy atom. The van der Waals surface area contributed by atoms with Crippen LogP contribution in [0.1, 0.15) is 18.1 Å². The molecule has 26 heavy (non-hydrogen) atoms. The number of nitro benzene ring substituents is 1. The predicted octanol–water partition coefficient (Wildman–Crippen LogP) is 3.96. The van der Waals surface area contributed by atoms with Crippen LogP contribution in [0.4, 0.5) is 11.4 Å². The number of carbonyl (C=O) groups is 1. The van der Waals surface area contributed by atoms with Crippen molar-refractivity contribution in [1.29, 1.82) is 0 Å². The van der Waals surface area contributed by atoms with E-state index in [9.17, 15) is 14.9 Å². The van der Waals surface area contributed by atoms with E-state index in [0.29, 0.717) is 29.4 Å². The van der Waals surface area contributed by atoms with E-state index in [1.165, 1.54) is 18.2 Å². The van der Waals surface area contributed by atoms with Gasteiger partial charge in [0, 0.05) is 12.1 Å². The largest absolute Gasteiger partial charge is 0.493 e. The molecule has 0 atom stereocenters. The van der Waals surface area contributed by atoms with Crippen molar-refractivity contribution in [1.82, 2.24) is 0 Å². The number of methoxy groups -OCH3 is 1. The highest BCUT2D eigenvalue weighted by Crippen LogP contribution is 2.28. The highest BCUT2D eigenvalue weighted by Gasteiger charge is 2.14.